The van der Waals surface area contributed by atoms with E-state index in [1.165, 1.54) is 11.8 Å². The first-order valence-corrected chi connectivity index (χ1v) is 6.77. The van der Waals surface area contributed by atoms with Crippen molar-refractivity contribution in [1.82, 2.24) is 5.32 Å². The number of thioether (sulfide) groups is 1. The lowest BCUT2D eigenvalue weighted by Crippen LogP contribution is -2.41. The van der Waals surface area contributed by atoms with E-state index in [9.17, 15) is 13.6 Å². The number of aliphatic imine (C=N–C) groups is 1. The van der Waals surface area contributed by atoms with E-state index in [2.05, 4.69) is 10.3 Å². The minimum absolute atomic E-state index is 0.0171. The average molecular weight is 260 g/mol. The quantitative estimate of drug-likeness (QED) is 0.784. The number of rotatable bonds is 1. The summed E-state index contributed by atoms with van der Waals surface area (Å²) < 4.78 is 26.7. The van der Waals surface area contributed by atoms with Crippen LogP contribution in [0.5, 0.6) is 0 Å². The molecule has 2 fully saturated rings. The normalized spacial score (nSPS) is 43.0. The zero-order valence-electron chi connectivity index (χ0n) is 9.45. The van der Waals surface area contributed by atoms with Gasteiger partial charge >= 0.3 is 0 Å². The van der Waals surface area contributed by atoms with Gasteiger partial charge in [0.25, 0.3) is 11.8 Å². The van der Waals surface area contributed by atoms with Gasteiger partial charge in [0, 0.05) is 18.4 Å². The molecular formula is C11H14F2N2OS. The molecule has 2 aliphatic carbocycles. The van der Waals surface area contributed by atoms with E-state index in [-0.39, 0.29) is 29.5 Å². The Morgan fingerprint density at radius 3 is 2.71 bits per heavy atom. The highest BCUT2D eigenvalue weighted by molar-refractivity contribution is 8.15. The van der Waals surface area contributed by atoms with Crippen molar-refractivity contribution in [2.45, 2.75) is 43.4 Å². The second-order valence-electron chi connectivity index (χ2n) is 5.16. The summed E-state index contributed by atoms with van der Waals surface area (Å²) in [5.74, 6) is -3.06. The van der Waals surface area contributed by atoms with Gasteiger partial charge in [0.05, 0.1) is 5.25 Å². The molecule has 0 aromatic heterocycles. The second kappa shape index (κ2) is 3.67. The summed E-state index contributed by atoms with van der Waals surface area (Å²) in [6.45, 7) is 1.81. The van der Waals surface area contributed by atoms with Gasteiger partial charge in [-0.25, -0.2) is 8.78 Å². The average Bonchev–Trinajstić information content (AvgIpc) is 2.81. The molecule has 0 saturated heterocycles. The van der Waals surface area contributed by atoms with Crippen LogP contribution >= 0.6 is 11.8 Å². The van der Waals surface area contributed by atoms with E-state index in [0.29, 0.717) is 18.0 Å². The van der Waals surface area contributed by atoms with Crippen molar-refractivity contribution in [3.05, 3.63) is 0 Å². The highest BCUT2D eigenvalue weighted by Crippen LogP contribution is 2.53. The summed E-state index contributed by atoms with van der Waals surface area (Å²) in [6.07, 6.45) is 1.09. The Balaban J connectivity index is 1.63. The molecule has 2 saturated carbocycles. The summed E-state index contributed by atoms with van der Waals surface area (Å²) in [5.41, 5.74) is 0. The maximum Gasteiger partial charge on any atom is 0.261 e. The molecule has 94 valence electrons. The first kappa shape index (κ1) is 11.4. The third-order valence-corrected chi connectivity index (χ3v) is 4.97. The maximum absolute atomic E-state index is 13.3. The molecule has 1 aliphatic heterocycles. The summed E-state index contributed by atoms with van der Waals surface area (Å²) in [5, 5.41) is 3.64. The lowest BCUT2D eigenvalue weighted by Gasteiger charge is -2.28. The van der Waals surface area contributed by atoms with Gasteiger partial charge in [-0.2, -0.15) is 4.99 Å². The van der Waals surface area contributed by atoms with Gasteiger partial charge in [-0.05, 0) is 25.7 Å². The molecular weight excluding hydrogens is 246 g/mol. The number of amidine groups is 1. The molecule has 2 unspecified atom stereocenters. The molecule has 3 aliphatic rings. The molecule has 1 amide bonds. The molecule has 0 aromatic rings. The van der Waals surface area contributed by atoms with Crippen molar-refractivity contribution in [1.29, 1.82) is 0 Å². The van der Waals surface area contributed by atoms with Crippen LogP contribution in [0, 0.1) is 11.8 Å². The van der Waals surface area contributed by atoms with Crippen LogP contribution < -0.4 is 5.32 Å². The minimum atomic E-state index is -2.48. The molecule has 1 N–H and O–H groups in total. The number of nitrogens with one attached hydrogen (secondary N) is 1. The number of carbonyl (C=O) groups excluding carboxylic acids is 1. The van der Waals surface area contributed by atoms with Crippen LogP contribution in [0.4, 0.5) is 8.78 Å². The van der Waals surface area contributed by atoms with E-state index in [4.69, 9.17) is 0 Å². The number of hydrogen-bond donors (Lipinski definition) is 1. The number of hydrogen-bond acceptors (Lipinski definition) is 3. The van der Waals surface area contributed by atoms with E-state index in [0.717, 1.165) is 0 Å². The van der Waals surface area contributed by atoms with Crippen molar-refractivity contribution in [3.63, 3.8) is 0 Å². The summed E-state index contributed by atoms with van der Waals surface area (Å²) in [7, 11) is 0. The molecule has 0 aromatic carbocycles. The Morgan fingerprint density at radius 2 is 2.24 bits per heavy atom. The van der Waals surface area contributed by atoms with Gasteiger partial charge < -0.3 is 5.32 Å². The Morgan fingerprint density at radius 1 is 1.47 bits per heavy atom. The lowest BCUT2D eigenvalue weighted by molar-refractivity contribution is -0.116. The maximum atomic E-state index is 13.3. The van der Waals surface area contributed by atoms with Gasteiger partial charge in [-0.15, -0.1) is 0 Å². The topological polar surface area (TPSA) is 41.5 Å². The molecule has 0 spiro atoms. The van der Waals surface area contributed by atoms with Gasteiger partial charge in [0.15, 0.2) is 5.17 Å². The third kappa shape index (κ3) is 1.86. The van der Waals surface area contributed by atoms with Gasteiger partial charge in [-0.3, -0.25) is 4.79 Å². The third-order valence-electron chi connectivity index (χ3n) is 3.98. The lowest BCUT2D eigenvalue weighted by atomic mass is 9.92. The SMILES string of the molecule is C[C@@H]1SC(N[C@H]2CC3CC2CC3(F)F)=NC1=O. The van der Waals surface area contributed by atoms with Crippen molar-refractivity contribution >= 4 is 22.8 Å². The van der Waals surface area contributed by atoms with E-state index >= 15 is 0 Å². The smallest absolute Gasteiger partial charge is 0.261 e. The fourth-order valence-electron chi connectivity index (χ4n) is 3.05. The monoisotopic (exact) mass is 260 g/mol. The molecule has 1 heterocycles. The van der Waals surface area contributed by atoms with Crippen molar-refractivity contribution in [2.75, 3.05) is 0 Å². The van der Waals surface area contributed by atoms with Crippen molar-refractivity contribution in [2.24, 2.45) is 16.8 Å². The number of carbonyl (C=O) groups is 1. The standard InChI is InChI=1S/C11H14F2N2OS/c1-5-9(16)15-10(17-5)14-8-3-7-2-6(8)4-11(7,12)13/h5-8H,2-4H2,1H3,(H,14,15,16)/t5-,6?,7?,8-/m0/s1. The van der Waals surface area contributed by atoms with Crippen LogP contribution in [-0.4, -0.2) is 28.3 Å². The zero-order valence-corrected chi connectivity index (χ0v) is 10.3. The van der Waals surface area contributed by atoms with Gasteiger partial charge in [0.2, 0.25) is 0 Å². The highest BCUT2D eigenvalue weighted by atomic mass is 32.2. The van der Waals surface area contributed by atoms with Gasteiger partial charge in [-0.1, -0.05) is 11.8 Å². The van der Waals surface area contributed by atoms with Crippen LogP contribution in [-0.2, 0) is 4.79 Å². The zero-order chi connectivity index (χ0) is 12.2. The molecule has 6 heteroatoms. The predicted molar refractivity (Wildman–Crippen MR) is 62.2 cm³/mol. The van der Waals surface area contributed by atoms with E-state index < -0.39 is 11.8 Å². The van der Waals surface area contributed by atoms with Gasteiger partial charge in [0.1, 0.15) is 0 Å². The highest BCUT2D eigenvalue weighted by Gasteiger charge is 2.56. The molecule has 3 nitrogen and oxygen atoms in total. The second-order valence-corrected chi connectivity index (χ2v) is 6.49. The van der Waals surface area contributed by atoms with Crippen molar-refractivity contribution < 1.29 is 13.6 Å². The number of nitrogens with zero attached hydrogens (tertiary/aromatic N) is 1. The molecule has 4 atom stereocenters. The summed E-state index contributed by atoms with van der Waals surface area (Å²) in [4.78, 5) is 15.1. The van der Waals surface area contributed by atoms with E-state index in [1.807, 2.05) is 0 Å². The van der Waals surface area contributed by atoms with Crippen LogP contribution in [0.3, 0.4) is 0 Å². The predicted octanol–water partition coefficient (Wildman–Crippen LogP) is 2.03. The summed E-state index contributed by atoms with van der Waals surface area (Å²) >= 11 is 1.39. The van der Waals surface area contributed by atoms with Crippen molar-refractivity contribution in [3.8, 4) is 0 Å². The Kier molecular flexibility index (Phi) is 2.47. The number of amides is 1. The fraction of sp³-hybridized carbons (Fsp3) is 0.818. The molecule has 0 radical (unpaired) electrons. The minimum Gasteiger partial charge on any atom is -0.361 e. The summed E-state index contributed by atoms with van der Waals surface area (Å²) in [6, 6.07) is 0.0731. The Labute approximate surface area is 102 Å². The van der Waals surface area contributed by atoms with Crippen LogP contribution in [0.2, 0.25) is 0 Å². The number of halogens is 2. The van der Waals surface area contributed by atoms with Crippen LogP contribution in [0.15, 0.2) is 4.99 Å². The first-order valence-electron chi connectivity index (χ1n) is 5.89. The van der Waals surface area contributed by atoms with Crippen LogP contribution in [0.25, 0.3) is 0 Å². The fourth-order valence-corrected chi connectivity index (χ4v) is 3.90. The number of fused-ring (bicyclic) bond motifs is 2. The number of alkyl halides is 2. The largest absolute Gasteiger partial charge is 0.361 e. The van der Waals surface area contributed by atoms with E-state index in [1.54, 1.807) is 6.92 Å². The van der Waals surface area contributed by atoms with Crippen LogP contribution in [0.1, 0.15) is 26.2 Å². The molecule has 17 heavy (non-hydrogen) atoms. The molecule has 2 bridgehead atoms. The first-order chi connectivity index (χ1) is 7.95. The Hall–Kier alpha value is -0.650. The Bertz CT molecular complexity index is 399. The molecule has 3 rings (SSSR count).